The van der Waals surface area contributed by atoms with Crippen LogP contribution < -0.4 is 8.61 Å². The van der Waals surface area contributed by atoms with Gasteiger partial charge in [0.05, 0.1) is 16.9 Å². The summed E-state index contributed by atoms with van der Waals surface area (Å²) in [6.07, 6.45) is -2.48. The van der Waals surface area contributed by atoms with Crippen LogP contribution in [0.4, 0.5) is 24.5 Å². The second-order valence-electron chi connectivity index (χ2n) is 6.70. The molecule has 1 aliphatic carbocycles. The van der Waals surface area contributed by atoms with Gasteiger partial charge < -0.3 is 0 Å². The van der Waals surface area contributed by atoms with Crippen LogP contribution in [0.5, 0.6) is 0 Å². The van der Waals surface area contributed by atoms with Crippen molar-refractivity contribution in [3.63, 3.8) is 0 Å². The lowest BCUT2D eigenvalue weighted by Crippen LogP contribution is -2.36. The predicted octanol–water partition coefficient (Wildman–Crippen LogP) is 4.28. The van der Waals surface area contributed by atoms with Crippen LogP contribution in [0.15, 0.2) is 42.5 Å². The van der Waals surface area contributed by atoms with Gasteiger partial charge in [0.2, 0.25) is 0 Å². The van der Waals surface area contributed by atoms with Gasteiger partial charge in [-0.3, -0.25) is 8.61 Å². The van der Waals surface area contributed by atoms with Crippen LogP contribution in [0.2, 0.25) is 0 Å². The highest BCUT2D eigenvalue weighted by Crippen LogP contribution is 2.46. The first-order chi connectivity index (χ1) is 12.2. The van der Waals surface area contributed by atoms with Crippen LogP contribution in [0.3, 0.4) is 0 Å². The van der Waals surface area contributed by atoms with Gasteiger partial charge >= 0.3 is 16.4 Å². The SMILES string of the molecule is CN1c2cc(-c3ccccc3C(F)(F)F)ccc2N(CC2CC2)S1(=O)=O. The van der Waals surface area contributed by atoms with Crippen LogP contribution in [0.1, 0.15) is 18.4 Å². The molecular weight excluding hydrogens is 365 g/mol. The number of nitrogens with zero attached hydrogens (tertiary/aromatic N) is 2. The molecule has 1 fully saturated rings. The summed E-state index contributed by atoms with van der Waals surface area (Å²) in [4.78, 5) is 0. The summed E-state index contributed by atoms with van der Waals surface area (Å²) in [6, 6.07) is 9.98. The summed E-state index contributed by atoms with van der Waals surface area (Å²) in [6.45, 7) is 0.415. The minimum Gasteiger partial charge on any atom is -0.254 e. The largest absolute Gasteiger partial charge is 0.417 e. The third-order valence-electron chi connectivity index (χ3n) is 4.87. The van der Waals surface area contributed by atoms with Crippen molar-refractivity contribution in [2.45, 2.75) is 19.0 Å². The zero-order valence-corrected chi connectivity index (χ0v) is 14.8. The fourth-order valence-electron chi connectivity index (χ4n) is 3.26. The number of alkyl halides is 3. The molecule has 1 saturated carbocycles. The second-order valence-corrected chi connectivity index (χ2v) is 8.58. The molecule has 4 rings (SSSR count). The minimum absolute atomic E-state index is 0.0363. The highest BCUT2D eigenvalue weighted by molar-refractivity contribution is 7.94. The smallest absolute Gasteiger partial charge is 0.254 e. The van der Waals surface area contributed by atoms with Gasteiger partial charge in [0.1, 0.15) is 0 Å². The first-order valence-electron chi connectivity index (χ1n) is 8.27. The summed E-state index contributed by atoms with van der Waals surface area (Å²) >= 11 is 0. The van der Waals surface area contributed by atoms with E-state index in [0.29, 0.717) is 29.4 Å². The molecule has 4 nitrogen and oxygen atoms in total. The van der Waals surface area contributed by atoms with E-state index in [1.165, 1.54) is 35.6 Å². The maximum Gasteiger partial charge on any atom is 0.417 e. The molecule has 0 spiro atoms. The van der Waals surface area contributed by atoms with E-state index in [1.54, 1.807) is 12.1 Å². The molecule has 0 radical (unpaired) electrons. The molecule has 0 unspecified atom stereocenters. The Kier molecular flexibility index (Phi) is 3.73. The summed E-state index contributed by atoms with van der Waals surface area (Å²) in [5.41, 5.74) is 0.562. The van der Waals surface area contributed by atoms with Crippen molar-refractivity contribution in [2.75, 3.05) is 22.2 Å². The minimum atomic E-state index is -4.48. The Morgan fingerprint density at radius 1 is 1.08 bits per heavy atom. The molecule has 0 atom stereocenters. The van der Waals surface area contributed by atoms with Crippen molar-refractivity contribution in [3.8, 4) is 11.1 Å². The van der Waals surface area contributed by atoms with E-state index >= 15 is 0 Å². The molecule has 0 saturated heterocycles. The van der Waals surface area contributed by atoms with Crippen molar-refractivity contribution >= 4 is 21.6 Å². The first-order valence-corrected chi connectivity index (χ1v) is 9.66. The highest BCUT2D eigenvalue weighted by atomic mass is 32.2. The molecule has 0 N–H and O–H groups in total. The van der Waals surface area contributed by atoms with Gasteiger partial charge in [0, 0.05) is 13.6 Å². The lowest BCUT2D eigenvalue weighted by Gasteiger charge is -2.18. The Labute approximate surface area is 150 Å². The predicted molar refractivity (Wildman–Crippen MR) is 94.3 cm³/mol. The van der Waals surface area contributed by atoms with E-state index in [-0.39, 0.29) is 5.56 Å². The van der Waals surface area contributed by atoms with E-state index in [4.69, 9.17) is 0 Å². The van der Waals surface area contributed by atoms with Crippen LogP contribution in [-0.4, -0.2) is 22.0 Å². The topological polar surface area (TPSA) is 40.6 Å². The summed E-state index contributed by atoms with van der Waals surface area (Å²) < 4.78 is 67.7. The number of benzene rings is 2. The number of halogens is 3. The number of fused-ring (bicyclic) bond motifs is 1. The first kappa shape index (κ1) is 17.2. The van der Waals surface area contributed by atoms with E-state index in [9.17, 15) is 21.6 Å². The van der Waals surface area contributed by atoms with Gasteiger partial charge in [-0.2, -0.15) is 21.6 Å². The van der Waals surface area contributed by atoms with Gasteiger partial charge in [-0.05, 0) is 48.1 Å². The third-order valence-corrected chi connectivity index (χ3v) is 6.66. The van der Waals surface area contributed by atoms with Gasteiger partial charge in [-0.1, -0.05) is 24.3 Å². The summed E-state index contributed by atoms with van der Waals surface area (Å²) in [7, 11) is -2.24. The van der Waals surface area contributed by atoms with Crippen molar-refractivity contribution in [2.24, 2.45) is 5.92 Å². The number of anilines is 2. The normalized spacial score (nSPS) is 18.9. The zero-order chi connectivity index (χ0) is 18.7. The quantitative estimate of drug-likeness (QED) is 0.795. The molecule has 2 aliphatic rings. The highest BCUT2D eigenvalue weighted by Gasteiger charge is 2.41. The Hall–Kier alpha value is -2.22. The van der Waals surface area contributed by atoms with E-state index in [2.05, 4.69) is 0 Å². The van der Waals surface area contributed by atoms with Gasteiger partial charge in [0.15, 0.2) is 0 Å². The fraction of sp³-hybridized carbons (Fsp3) is 0.333. The van der Waals surface area contributed by atoms with Crippen LogP contribution in [-0.2, 0) is 16.4 Å². The Morgan fingerprint density at radius 2 is 1.77 bits per heavy atom. The monoisotopic (exact) mass is 382 g/mol. The Balaban J connectivity index is 1.82. The maximum atomic E-state index is 13.3. The molecule has 2 aromatic rings. The van der Waals surface area contributed by atoms with Gasteiger partial charge in [0.25, 0.3) is 0 Å². The summed E-state index contributed by atoms with van der Waals surface area (Å²) in [5.74, 6) is 0.356. The molecule has 0 amide bonds. The third kappa shape index (κ3) is 2.72. The van der Waals surface area contributed by atoms with Crippen LogP contribution in [0.25, 0.3) is 11.1 Å². The number of hydrogen-bond acceptors (Lipinski definition) is 2. The Bertz CT molecular complexity index is 969. The molecule has 8 heteroatoms. The zero-order valence-electron chi connectivity index (χ0n) is 14.0. The molecule has 138 valence electrons. The van der Waals surface area contributed by atoms with Crippen LogP contribution in [0, 0.1) is 5.92 Å². The molecule has 1 aliphatic heterocycles. The Morgan fingerprint density at radius 3 is 2.42 bits per heavy atom. The molecule has 2 aromatic carbocycles. The summed E-state index contributed by atoms with van der Waals surface area (Å²) in [5, 5.41) is 0. The van der Waals surface area contributed by atoms with Gasteiger partial charge in [-0.25, -0.2) is 0 Å². The van der Waals surface area contributed by atoms with Crippen molar-refractivity contribution < 1.29 is 21.6 Å². The van der Waals surface area contributed by atoms with Crippen molar-refractivity contribution in [3.05, 3.63) is 48.0 Å². The average molecular weight is 382 g/mol. The molecule has 0 bridgehead atoms. The second kappa shape index (κ2) is 5.64. The van der Waals surface area contributed by atoms with Crippen molar-refractivity contribution in [1.82, 2.24) is 0 Å². The lowest BCUT2D eigenvalue weighted by molar-refractivity contribution is -0.137. The number of hydrogen-bond donors (Lipinski definition) is 0. The van der Waals surface area contributed by atoms with Crippen molar-refractivity contribution in [1.29, 1.82) is 0 Å². The molecule has 0 aromatic heterocycles. The number of rotatable bonds is 3. The maximum absolute atomic E-state index is 13.3. The van der Waals surface area contributed by atoms with E-state index < -0.39 is 21.9 Å². The van der Waals surface area contributed by atoms with E-state index in [0.717, 1.165) is 23.2 Å². The van der Waals surface area contributed by atoms with E-state index in [1.807, 2.05) is 0 Å². The van der Waals surface area contributed by atoms with Gasteiger partial charge in [-0.15, -0.1) is 0 Å². The molecular formula is C18H17F3N2O2S. The molecule has 1 heterocycles. The fourth-order valence-corrected chi connectivity index (χ4v) is 4.75. The lowest BCUT2D eigenvalue weighted by atomic mass is 9.98. The molecule has 26 heavy (non-hydrogen) atoms. The average Bonchev–Trinajstić information content (AvgIpc) is 3.39. The van der Waals surface area contributed by atoms with Crippen LogP contribution >= 0.6 is 0 Å². The standard InChI is InChI=1S/C18H17F3N2O2S/c1-22-17-10-13(14-4-2-3-5-15(14)18(19,20)21)8-9-16(17)23(26(22,24)25)11-12-6-7-12/h2-5,8-10,12H,6-7,11H2,1H3.